The van der Waals surface area contributed by atoms with Crippen molar-refractivity contribution < 1.29 is 14.3 Å². The van der Waals surface area contributed by atoms with Crippen LogP contribution in [0, 0.1) is 0 Å². The number of aromatic nitrogens is 2. The summed E-state index contributed by atoms with van der Waals surface area (Å²) in [5.41, 5.74) is 3.04. The maximum atomic E-state index is 12.8. The predicted molar refractivity (Wildman–Crippen MR) is 109 cm³/mol. The van der Waals surface area contributed by atoms with Gasteiger partial charge < -0.3 is 14.8 Å². The van der Waals surface area contributed by atoms with Gasteiger partial charge >= 0.3 is 0 Å². The minimum atomic E-state index is -0.192. The molecule has 1 heterocycles. The minimum absolute atomic E-state index is 0.192. The number of nitrogens with zero attached hydrogens (tertiary/aromatic N) is 2. The number of hydrogen-bond acceptors (Lipinski definition) is 4. The van der Waals surface area contributed by atoms with E-state index in [9.17, 15) is 4.79 Å². The van der Waals surface area contributed by atoms with Gasteiger partial charge in [0.2, 0.25) is 0 Å². The number of carbonyl (C=O) groups is 1. The molecular weight excluding hydrogens is 378 g/mol. The van der Waals surface area contributed by atoms with Crippen LogP contribution in [0.15, 0.2) is 48.7 Å². The molecule has 3 rings (SSSR count). The SMILES string of the molecule is CCc1c(C(=O)NCc2ccc(OC)cc2OC)cnn1-c1cccc(Cl)c1. The summed E-state index contributed by atoms with van der Waals surface area (Å²) in [6.07, 6.45) is 2.24. The first-order valence-electron chi connectivity index (χ1n) is 8.89. The van der Waals surface area contributed by atoms with Gasteiger partial charge in [0.15, 0.2) is 0 Å². The third kappa shape index (κ3) is 4.12. The standard InChI is InChI=1S/C21H22ClN3O3/c1-4-19-18(13-24-25(19)16-7-5-6-15(22)10-16)21(26)23-12-14-8-9-17(27-2)11-20(14)28-3/h5-11,13H,4,12H2,1-3H3,(H,23,26). The number of halogens is 1. The van der Waals surface area contributed by atoms with E-state index in [1.165, 1.54) is 0 Å². The Morgan fingerprint density at radius 2 is 2.00 bits per heavy atom. The summed E-state index contributed by atoms with van der Waals surface area (Å²) in [5, 5.41) is 7.94. The first kappa shape index (κ1) is 19.8. The number of benzene rings is 2. The van der Waals surface area contributed by atoms with Crippen molar-refractivity contribution in [3.05, 3.63) is 70.5 Å². The van der Waals surface area contributed by atoms with Crippen LogP contribution in [0.2, 0.25) is 5.02 Å². The summed E-state index contributed by atoms with van der Waals surface area (Å²) in [6, 6.07) is 12.9. The van der Waals surface area contributed by atoms with Gasteiger partial charge in [-0.15, -0.1) is 0 Å². The second-order valence-corrected chi connectivity index (χ2v) is 6.55. The summed E-state index contributed by atoms with van der Waals surface area (Å²) in [4.78, 5) is 12.8. The highest BCUT2D eigenvalue weighted by Gasteiger charge is 2.17. The van der Waals surface area contributed by atoms with Crippen molar-refractivity contribution in [2.75, 3.05) is 14.2 Å². The van der Waals surface area contributed by atoms with E-state index in [4.69, 9.17) is 21.1 Å². The summed E-state index contributed by atoms with van der Waals surface area (Å²) in [6.45, 7) is 2.32. The van der Waals surface area contributed by atoms with Crippen LogP contribution >= 0.6 is 11.6 Å². The molecule has 1 N–H and O–H groups in total. The van der Waals surface area contributed by atoms with Crippen LogP contribution in [0.1, 0.15) is 28.5 Å². The highest BCUT2D eigenvalue weighted by Crippen LogP contribution is 2.25. The van der Waals surface area contributed by atoms with Crippen molar-refractivity contribution in [2.45, 2.75) is 19.9 Å². The zero-order valence-corrected chi connectivity index (χ0v) is 16.8. The van der Waals surface area contributed by atoms with Crippen molar-refractivity contribution in [1.29, 1.82) is 0 Å². The summed E-state index contributed by atoms with van der Waals surface area (Å²) in [5.74, 6) is 1.16. The number of nitrogens with one attached hydrogen (secondary N) is 1. The molecule has 1 aromatic heterocycles. The number of carbonyl (C=O) groups excluding carboxylic acids is 1. The molecule has 7 heteroatoms. The molecule has 146 valence electrons. The molecule has 0 aliphatic rings. The van der Waals surface area contributed by atoms with Gasteiger partial charge in [-0.25, -0.2) is 4.68 Å². The molecule has 0 spiro atoms. The largest absolute Gasteiger partial charge is 0.497 e. The Labute approximate surface area is 169 Å². The minimum Gasteiger partial charge on any atom is -0.497 e. The maximum Gasteiger partial charge on any atom is 0.255 e. The normalized spacial score (nSPS) is 10.6. The van der Waals surface area contributed by atoms with E-state index in [0.29, 0.717) is 35.1 Å². The lowest BCUT2D eigenvalue weighted by atomic mass is 10.1. The molecule has 0 aliphatic carbocycles. The molecule has 0 atom stereocenters. The molecule has 3 aromatic rings. The molecule has 0 bridgehead atoms. The van der Waals surface area contributed by atoms with Crippen LogP contribution < -0.4 is 14.8 Å². The first-order valence-corrected chi connectivity index (χ1v) is 9.27. The van der Waals surface area contributed by atoms with Gasteiger partial charge in [0.1, 0.15) is 11.5 Å². The molecule has 6 nitrogen and oxygen atoms in total. The van der Waals surface area contributed by atoms with E-state index in [0.717, 1.165) is 16.9 Å². The van der Waals surface area contributed by atoms with Gasteiger partial charge in [0.05, 0.1) is 37.4 Å². The van der Waals surface area contributed by atoms with Gasteiger partial charge in [-0.3, -0.25) is 4.79 Å². The Bertz CT molecular complexity index is 985. The van der Waals surface area contributed by atoms with Crippen LogP contribution in [-0.4, -0.2) is 29.9 Å². The average Bonchev–Trinajstić information content (AvgIpc) is 3.16. The lowest BCUT2D eigenvalue weighted by Gasteiger charge is -2.12. The molecular formula is C21H22ClN3O3. The molecule has 2 aromatic carbocycles. The van der Waals surface area contributed by atoms with E-state index in [1.54, 1.807) is 37.2 Å². The Balaban J connectivity index is 1.80. The summed E-state index contributed by atoms with van der Waals surface area (Å²) >= 11 is 6.09. The van der Waals surface area contributed by atoms with E-state index in [-0.39, 0.29) is 5.91 Å². The highest BCUT2D eigenvalue weighted by atomic mass is 35.5. The fraction of sp³-hybridized carbons (Fsp3) is 0.238. The van der Waals surface area contributed by atoms with Crippen molar-refractivity contribution in [2.24, 2.45) is 0 Å². The van der Waals surface area contributed by atoms with Gasteiger partial charge in [-0.05, 0) is 36.8 Å². The number of hydrogen-bond donors (Lipinski definition) is 1. The molecule has 0 saturated carbocycles. The Morgan fingerprint density at radius 3 is 2.68 bits per heavy atom. The van der Waals surface area contributed by atoms with Gasteiger partial charge in [0, 0.05) is 23.2 Å². The zero-order chi connectivity index (χ0) is 20.1. The van der Waals surface area contributed by atoms with Crippen molar-refractivity contribution in [3.63, 3.8) is 0 Å². The first-order chi connectivity index (χ1) is 13.6. The lowest BCUT2D eigenvalue weighted by Crippen LogP contribution is -2.24. The third-order valence-corrected chi connectivity index (χ3v) is 4.67. The van der Waals surface area contributed by atoms with Crippen molar-refractivity contribution >= 4 is 17.5 Å². The molecule has 0 unspecified atom stereocenters. The van der Waals surface area contributed by atoms with Crippen LogP contribution in [0.25, 0.3) is 5.69 Å². The number of methoxy groups -OCH3 is 2. The molecule has 28 heavy (non-hydrogen) atoms. The quantitative estimate of drug-likeness (QED) is 0.651. The zero-order valence-electron chi connectivity index (χ0n) is 16.0. The van der Waals surface area contributed by atoms with Crippen molar-refractivity contribution in [1.82, 2.24) is 15.1 Å². The van der Waals surface area contributed by atoms with Gasteiger partial charge in [-0.2, -0.15) is 5.10 Å². The van der Waals surface area contributed by atoms with E-state index in [2.05, 4.69) is 10.4 Å². The number of ether oxygens (including phenoxy) is 2. The fourth-order valence-electron chi connectivity index (χ4n) is 3.00. The van der Waals surface area contributed by atoms with Gasteiger partial charge in [-0.1, -0.05) is 24.6 Å². The third-order valence-electron chi connectivity index (χ3n) is 4.43. The van der Waals surface area contributed by atoms with Gasteiger partial charge in [0.25, 0.3) is 5.91 Å². The monoisotopic (exact) mass is 399 g/mol. The molecule has 1 amide bonds. The van der Waals surface area contributed by atoms with E-state index < -0.39 is 0 Å². The Kier molecular flexibility index (Phi) is 6.21. The lowest BCUT2D eigenvalue weighted by molar-refractivity contribution is 0.0949. The topological polar surface area (TPSA) is 65.4 Å². The second-order valence-electron chi connectivity index (χ2n) is 6.11. The van der Waals surface area contributed by atoms with E-state index >= 15 is 0 Å². The molecule has 0 aliphatic heterocycles. The average molecular weight is 400 g/mol. The van der Waals surface area contributed by atoms with Crippen LogP contribution in [0.3, 0.4) is 0 Å². The molecule has 0 saturated heterocycles. The Morgan fingerprint density at radius 1 is 1.18 bits per heavy atom. The highest BCUT2D eigenvalue weighted by molar-refractivity contribution is 6.30. The van der Waals surface area contributed by atoms with E-state index in [1.807, 2.05) is 37.3 Å². The Hall–Kier alpha value is -2.99. The van der Waals surface area contributed by atoms with Crippen LogP contribution in [-0.2, 0) is 13.0 Å². The maximum absolute atomic E-state index is 12.8. The summed E-state index contributed by atoms with van der Waals surface area (Å²) < 4.78 is 12.3. The fourth-order valence-corrected chi connectivity index (χ4v) is 3.19. The molecule has 0 fully saturated rings. The van der Waals surface area contributed by atoms with Crippen LogP contribution in [0.5, 0.6) is 11.5 Å². The summed E-state index contributed by atoms with van der Waals surface area (Å²) in [7, 11) is 3.18. The molecule has 0 radical (unpaired) electrons. The smallest absolute Gasteiger partial charge is 0.255 e. The number of amides is 1. The van der Waals surface area contributed by atoms with Crippen LogP contribution in [0.4, 0.5) is 0 Å². The number of rotatable bonds is 7. The predicted octanol–water partition coefficient (Wildman–Crippen LogP) is 4.04. The van der Waals surface area contributed by atoms with Crippen molar-refractivity contribution in [3.8, 4) is 17.2 Å². The second kappa shape index (κ2) is 8.80.